The van der Waals surface area contributed by atoms with Crippen molar-refractivity contribution in [3.05, 3.63) is 0 Å². The smallest absolute Gasteiger partial charge is 0.303 e. The van der Waals surface area contributed by atoms with Crippen molar-refractivity contribution in [3.8, 4) is 0 Å². The van der Waals surface area contributed by atoms with Crippen LogP contribution >= 0.6 is 0 Å². The molecule has 0 unspecified atom stereocenters. The first kappa shape index (κ1) is 15.4. The normalized spacial score (nSPS) is 16.6. The lowest BCUT2D eigenvalue weighted by Crippen LogP contribution is -2.35. The molecule has 106 valence electrons. The molecule has 1 saturated carbocycles. The molecule has 0 bridgehead atoms. The molecule has 0 atom stereocenters. The average Bonchev–Trinajstić information content (AvgIpc) is 2.85. The molecule has 2 N–H and O–H groups in total. The first-order valence-electron chi connectivity index (χ1n) is 7.33. The van der Waals surface area contributed by atoms with Gasteiger partial charge in [0, 0.05) is 25.6 Å². The number of hydrogen-bond acceptors (Lipinski definition) is 3. The van der Waals surface area contributed by atoms with Gasteiger partial charge in [0.15, 0.2) is 0 Å². The van der Waals surface area contributed by atoms with E-state index >= 15 is 0 Å². The van der Waals surface area contributed by atoms with Gasteiger partial charge in [-0.3, -0.25) is 4.79 Å². The van der Waals surface area contributed by atoms with Gasteiger partial charge in [0.2, 0.25) is 0 Å². The summed E-state index contributed by atoms with van der Waals surface area (Å²) in [6.45, 7) is 3.18. The van der Waals surface area contributed by atoms with Gasteiger partial charge in [-0.15, -0.1) is 0 Å². The highest BCUT2D eigenvalue weighted by molar-refractivity contribution is 5.66. The zero-order valence-electron chi connectivity index (χ0n) is 11.7. The van der Waals surface area contributed by atoms with E-state index in [1.165, 1.54) is 25.7 Å². The third-order valence-corrected chi connectivity index (χ3v) is 3.83. The maximum absolute atomic E-state index is 10.3. The maximum atomic E-state index is 10.3. The Bertz CT molecular complexity index is 228. The summed E-state index contributed by atoms with van der Waals surface area (Å²) in [5.41, 5.74) is 0. The van der Waals surface area contributed by atoms with Crippen LogP contribution in [0.25, 0.3) is 0 Å². The lowest BCUT2D eigenvalue weighted by Gasteiger charge is -2.23. The van der Waals surface area contributed by atoms with Crippen molar-refractivity contribution in [2.24, 2.45) is 0 Å². The Hall–Kier alpha value is -0.610. The average molecular weight is 256 g/mol. The summed E-state index contributed by atoms with van der Waals surface area (Å²) < 4.78 is 0. The first-order chi connectivity index (χ1) is 8.70. The molecular weight excluding hydrogens is 228 g/mol. The molecule has 0 amide bonds. The van der Waals surface area contributed by atoms with Gasteiger partial charge >= 0.3 is 5.97 Å². The van der Waals surface area contributed by atoms with E-state index in [-0.39, 0.29) is 0 Å². The fourth-order valence-electron chi connectivity index (χ4n) is 2.61. The van der Waals surface area contributed by atoms with Gasteiger partial charge < -0.3 is 15.3 Å². The van der Waals surface area contributed by atoms with Gasteiger partial charge in [0.1, 0.15) is 0 Å². The number of carboxylic acids is 1. The molecule has 0 aromatic carbocycles. The Balaban J connectivity index is 1.84. The molecule has 0 aromatic heterocycles. The molecule has 1 fully saturated rings. The molecule has 0 saturated heterocycles. The second-order valence-corrected chi connectivity index (χ2v) is 5.37. The molecule has 1 rings (SSSR count). The van der Waals surface area contributed by atoms with Gasteiger partial charge in [-0.05, 0) is 39.3 Å². The second kappa shape index (κ2) is 9.34. The quantitative estimate of drug-likeness (QED) is 0.588. The number of nitrogens with zero attached hydrogens (tertiary/aromatic N) is 1. The number of carbonyl (C=O) groups is 1. The van der Waals surface area contributed by atoms with Crippen LogP contribution in [0, 0.1) is 0 Å². The monoisotopic (exact) mass is 256 g/mol. The molecule has 4 nitrogen and oxygen atoms in total. The zero-order valence-corrected chi connectivity index (χ0v) is 11.7. The van der Waals surface area contributed by atoms with Crippen LogP contribution in [-0.4, -0.2) is 48.7 Å². The van der Waals surface area contributed by atoms with Gasteiger partial charge in [0.25, 0.3) is 0 Å². The highest BCUT2D eigenvalue weighted by Gasteiger charge is 2.18. The minimum Gasteiger partial charge on any atom is -0.481 e. The van der Waals surface area contributed by atoms with Crippen molar-refractivity contribution in [3.63, 3.8) is 0 Å². The van der Waals surface area contributed by atoms with Gasteiger partial charge in [0.05, 0.1) is 0 Å². The van der Waals surface area contributed by atoms with Crippen molar-refractivity contribution in [2.45, 2.75) is 57.4 Å². The third kappa shape index (κ3) is 6.97. The second-order valence-electron chi connectivity index (χ2n) is 5.37. The highest BCUT2D eigenvalue weighted by Crippen LogP contribution is 2.21. The standard InChI is InChI=1S/C14H28N2O2/c1-16(13-7-4-5-8-13)12-11-15-10-6-2-3-9-14(17)18/h13,15H,2-12H2,1H3,(H,17,18). The predicted molar refractivity (Wildman–Crippen MR) is 73.9 cm³/mol. The fourth-order valence-corrected chi connectivity index (χ4v) is 2.61. The molecule has 1 aliphatic rings. The lowest BCUT2D eigenvalue weighted by atomic mass is 10.2. The summed E-state index contributed by atoms with van der Waals surface area (Å²) in [5.74, 6) is -0.679. The van der Waals surface area contributed by atoms with Crippen LogP contribution in [0.1, 0.15) is 51.4 Å². The highest BCUT2D eigenvalue weighted by atomic mass is 16.4. The van der Waals surface area contributed by atoms with Crippen molar-refractivity contribution in [1.82, 2.24) is 10.2 Å². The van der Waals surface area contributed by atoms with E-state index in [0.717, 1.165) is 44.9 Å². The van der Waals surface area contributed by atoms with Crippen LogP contribution in [-0.2, 0) is 4.79 Å². The fraction of sp³-hybridized carbons (Fsp3) is 0.929. The van der Waals surface area contributed by atoms with Crippen LogP contribution in [0.5, 0.6) is 0 Å². The number of carboxylic acid groups (broad SMARTS) is 1. The van der Waals surface area contributed by atoms with Crippen molar-refractivity contribution < 1.29 is 9.90 Å². The predicted octanol–water partition coefficient (Wildman–Crippen LogP) is 2.10. The van der Waals surface area contributed by atoms with Crippen LogP contribution in [0.3, 0.4) is 0 Å². The summed E-state index contributed by atoms with van der Waals surface area (Å²) in [5, 5.41) is 11.9. The number of aliphatic carboxylic acids is 1. The van der Waals surface area contributed by atoms with Crippen molar-refractivity contribution in [1.29, 1.82) is 0 Å². The minimum atomic E-state index is -0.679. The molecule has 0 heterocycles. The Morgan fingerprint density at radius 2 is 1.94 bits per heavy atom. The molecule has 0 spiro atoms. The largest absolute Gasteiger partial charge is 0.481 e. The van der Waals surface area contributed by atoms with Crippen LogP contribution < -0.4 is 5.32 Å². The van der Waals surface area contributed by atoms with Gasteiger partial charge in [-0.25, -0.2) is 0 Å². The summed E-state index contributed by atoms with van der Waals surface area (Å²) in [4.78, 5) is 12.8. The van der Waals surface area contributed by atoms with E-state index in [2.05, 4.69) is 17.3 Å². The molecular formula is C14H28N2O2. The van der Waals surface area contributed by atoms with E-state index in [4.69, 9.17) is 5.11 Å². The summed E-state index contributed by atoms with van der Waals surface area (Å²) >= 11 is 0. The van der Waals surface area contributed by atoms with E-state index in [9.17, 15) is 4.79 Å². The summed E-state index contributed by atoms with van der Waals surface area (Å²) in [7, 11) is 2.23. The summed E-state index contributed by atoms with van der Waals surface area (Å²) in [6.07, 6.45) is 8.73. The molecule has 18 heavy (non-hydrogen) atoms. The number of likely N-dealkylation sites (N-methyl/N-ethyl adjacent to an activating group) is 1. The van der Waals surface area contributed by atoms with E-state index in [1.54, 1.807) is 0 Å². The van der Waals surface area contributed by atoms with Gasteiger partial charge in [-0.1, -0.05) is 19.3 Å². The Kier molecular flexibility index (Phi) is 8.01. The number of nitrogens with one attached hydrogen (secondary N) is 1. The Labute approximate surface area is 111 Å². The SMILES string of the molecule is CN(CCNCCCCCC(=O)O)C1CCCC1. The molecule has 1 aliphatic carbocycles. The third-order valence-electron chi connectivity index (χ3n) is 3.83. The number of hydrogen-bond donors (Lipinski definition) is 2. The van der Waals surface area contributed by atoms with Crippen LogP contribution in [0.4, 0.5) is 0 Å². The molecule has 0 radical (unpaired) electrons. The van der Waals surface area contributed by atoms with E-state index in [0.29, 0.717) is 6.42 Å². The number of unbranched alkanes of at least 4 members (excludes halogenated alkanes) is 2. The first-order valence-corrected chi connectivity index (χ1v) is 7.33. The Morgan fingerprint density at radius 3 is 2.61 bits per heavy atom. The van der Waals surface area contributed by atoms with Crippen LogP contribution in [0.2, 0.25) is 0 Å². The van der Waals surface area contributed by atoms with E-state index < -0.39 is 5.97 Å². The van der Waals surface area contributed by atoms with Crippen molar-refractivity contribution in [2.75, 3.05) is 26.7 Å². The number of rotatable bonds is 10. The minimum absolute atomic E-state index is 0.310. The molecule has 0 aliphatic heterocycles. The topological polar surface area (TPSA) is 52.6 Å². The Morgan fingerprint density at radius 1 is 1.22 bits per heavy atom. The summed E-state index contributed by atoms with van der Waals surface area (Å²) in [6, 6.07) is 0.808. The molecule has 0 aromatic rings. The zero-order chi connectivity index (χ0) is 13.2. The molecule has 4 heteroatoms. The lowest BCUT2D eigenvalue weighted by molar-refractivity contribution is -0.137. The maximum Gasteiger partial charge on any atom is 0.303 e. The van der Waals surface area contributed by atoms with E-state index in [1.807, 2.05) is 0 Å². The van der Waals surface area contributed by atoms with Crippen molar-refractivity contribution >= 4 is 5.97 Å². The van der Waals surface area contributed by atoms with Gasteiger partial charge in [-0.2, -0.15) is 0 Å². The van der Waals surface area contributed by atoms with Crippen LogP contribution in [0.15, 0.2) is 0 Å².